The molecule has 2 unspecified atom stereocenters. The van der Waals surface area contributed by atoms with Crippen LogP contribution in [-0.2, 0) is 11.2 Å². The van der Waals surface area contributed by atoms with E-state index in [1.165, 1.54) is 0 Å². The van der Waals surface area contributed by atoms with Gasteiger partial charge in [0.15, 0.2) is 0 Å². The van der Waals surface area contributed by atoms with Crippen molar-refractivity contribution in [2.45, 2.75) is 45.8 Å². The zero-order valence-electron chi connectivity index (χ0n) is 13.4. The van der Waals surface area contributed by atoms with E-state index in [4.69, 9.17) is 9.72 Å². The van der Waals surface area contributed by atoms with Crippen LogP contribution in [0.2, 0.25) is 0 Å². The average molecular weight is 294 g/mol. The Morgan fingerprint density at radius 1 is 1.43 bits per heavy atom. The molecule has 1 saturated heterocycles. The van der Waals surface area contributed by atoms with Crippen LogP contribution in [0.1, 0.15) is 31.7 Å². The van der Waals surface area contributed by atoms with Crippen molar-refractivity contribution >= 4 is 11.6 Å². The molecule has 0 spiro atoms. The van der Waals surface area contributed by atoms with Crippen molar-refractivity contribution in [3.8, 4) is 0 Å². The molecule has 2 heterocycles. The third kappa shape index (κ3) is 3.44. The normalized spacial score (nSPS) is 22.4. The van der Waals surface area contributed by atoms with Crippen LogP contribution in [-0.4, -0.2) is 54.0 Å². The van der Waals surface area contributed by atoms with Gasteiger partial charge in [-0.25, -0.2) is 9.97 Å². The summed E-state index contributed by atoms with van der Waals surface area (Å²) in [6, 6.07) is 0.237. The lowest BCUT2D eigenvalue weighted by atomic mass is 10.1. The molecule has 0 bridgehead atoms. The topological polar surface area (TPSA) is 70.5 Å². The Morgan fingerprint density at radius 3 is 2.81 bits per heavy atom. The van der Waals surface area contributed by atoms with Crippen molar-refractivity contribution in [1.82, 2.24) is 9.97 Å². The van der Waals surface area contributed by atoms with Crippen LogP contribution in [0.5, 0.6) is 0 Å². The van der Waals surface area contributed by atoms with E-state index in [0.29, 0.717) is 13.2 Å². The molecule has 21 heavy (non-hydrogen) atoms. The van der Waals surface area contributed by atoms with Crippen LogP contribution in [0.25, 0.3) is 0 Å². The molecule has 0 aliphatic carbocycles. The number of aliphatic hydroxyl groups excluding tert-OH is 1. The van der Waals surface area contributed by atoms with Gasteiger partial charge in [0.05, 0.1) is 25.4 Å². The van der Waals surface area contributed by atoms with Crippen LogP contribution in [0.3, 0.4) is 0 Å². The van der Waals surface area contributed by atoms with Crippen LogP contribution in [0.4, 0.5) is 11.6 Å². The van der Waals surface area contributed by atoms with Gasteiger partial charge in [-0.15, -0.1) is 0 Å². The largest absolute Gasteiger partial charge is 0.394 e. The first-order valence-corrected chi connectivity index (χ1v) is 7.65. The molecule has 0 saturated carbocycles. The number of aliphatic hydroxyl groups is 1. The maximum Gasteiger partial charge on any atom is 0.137 e. The number of ether oxygens (including phenoxy) is 1. The summed E-state index contributed by atoms with van der Waals surface area (Å²) in [5, 5.41) is 12.5. The standard InChI is InChI=1S/C15H26N4O2/c1-5-6-13-17-14(16-4)11(3)15(18-13)19-7-12(8-20)21-9-10(19)2/h10,12,20H,5-9H2,1-4H3,(H,16,17,18). The second-order valence-electron chi connectivity index (χ2n) is 5.58. The lowest BCUT2D eigenvalue weighted by Gasteiger charge is -2.39. The van der Waals surface area contributed by atoms with Gasteiger partial charge in [-0.2, -0.15) is 0 Å². The minimum absolute atomic E-state index is 0.0358. The van der Waals surface area contributed by atoms with Gasteiger partial charge in [0, 0.05) is 25.6 Å². The van der Waals surface area contributed by atoms with Crippen molar-refractivity contribution in [2.75, 3.05) is 37.0 Å². The summed E-state index contributed by atoms with van der Waals surface area (Å²) < 4.78 is 5.61. The van der Waals surface area contributed by atoms with Gasteiger partial charge in [0.1, 0.15) is 17.5 Å². The highest BCUT2D eigenvalue weighted by atomic mass is 16.5. The molecule has 1 aliphatic heterocycles. The van der Waals surface area contributed by atoms with Crippen LogP contribution < -0.4 is 10.2 Å². The molecular formula is C15H26N4O2. The van der Waals surface area contributed by atoms with Gasteiger partial charge in [-0.3, -0.25) is 0 Å². The van der Waals surface area contributed by atoms with Crippen LogP contribution in [0.15, 0.2) is 0 Å². The molecular weight excluding hydrogens is 268 g/mol. The Labute approximate surface area is 126 Å². The summed E-state index contributed by atoms with van der Waals surface area (Å²) in [6.07, 6.45) is 1.73. The van der Waals surface area contributed by atoms with Crippen molar-refractivity contribution in [2.24, 2.45) is 0 Å². The van der Waals surface area contributed by atoms with E-state index >= 15 is 0 Å². The Balaban J connectivity index is 2.37. The van der Waals surface area contributed by atoms with E-state index in [-0.39, 0.29) is 18.8 Å². The summed E-state index contributed by atoms with van der Waals surface area (Å²) >= 11 is 0. The summed E-state index contributed by atoms with van der Waals surface area (Å²) in [4.78, 5) is 11.5. The molecule has 1 fully saturated rings. The van der Waals surface area contributed by atoms with Crippen molar-refractivity contribution < 1.29 is 9.84 Å². The fraction of sp³-hybridized carbons (Fsp3) is 0.733. The van der Waals surface area contributed by atoms with E-state index < -0.39 is 0 Å². The third-order valence-corrected chi connectivity index (χ3v) is 3.86. The van der Waals surface area contributed by atoms with Gasteiger partial charge in [0.2, 0.25) is 0 Å². The summed E-state index contributed by atoms with van der Waals surface area (Å²) in [5.74, 6) is 2.69. The first kappa shape index (κ1) is 16.0. The number of morpholine rings is 1. The molecule has 0 radical (unpaired) electrons. The van der Waals surface area contributed by atoms with Crippen LogP contribution in [0, 0.1) is 6.92 Å². The lowest BCUT2D eigenvalue weighted by Crippen LogP contribution is -2.50. The highest BCUT2D eigenvalue weighted by molar-refractivity contribution is 5.59. The zero-order chi connectivity index (χ0) is 15.4. The van der Waals surface area contributed by atoms with E-state index in [1.807, 2.05) is 14.0 Å². The molecule has 0 amide bonds. The minimum atomic E-state index is -0.150. The highest BCUT2D eigenvalue weighted by Gasteiger charge is 2.28. The average Bonchev–Trinajstić information content (AvgIpc) is 2.50. The quantitative estimate of drug-likeness (QED) is 0.854. The number of nitrogens with one attached hydrogen (secondary N) is 1. The summed E-state index contributed by atoms with van der Waals surface area (Å²) in [5.41, 5.74) is 1.04. The number of nitrogens with zero attached hydrogens (tertiary/aromatic N) is 3. The number of aromatic nitrogens is 2. The SMILES string of the molecule is CCCc1nc(NC)c(C)c(N2CC(CO)OCC2C)n1. The highest BCUT2D eigenvalue weighted by Crippen LogP contribution is 2.27. The Hall–Kier alpha value is -1.40. The van der Waals surface area contributed by atoms with E-state index in [9.17, 15) is 5.11 Å². The first-order valence-electron chi connectivity index (χ1n) is 7.65. The third-order valence-electron chi connectivity index (χ3n) is 3.86. The smallest absolute Gasteiger partial charge is 0.137 e. The molecule has 0 aromatic carbocycles. The summed E-state index contributed by atoms with van der Waals surface area (Å²) in [7, 11) is 1.88. The number of rotatable bonds is 5. The van der Waals surface area contributed by atoms with Gasteiger partial charge in [0.25, 0.3) is 0 Å². The zero-order valence-corrected chi connectivity index (χ0v) is 13.4. The number of anilines is 2. The second-order valence-corrected chi connectivity index (χ2v) is 5.58. The monoisotopic (exact) mass is 294 g/mol. The van der Waals surface area contributed by atoms with E-state index in [1.54, 1.807) is 0 Å². The molecule has 1 aliphatic rings. The van der Waals surface area contributed by atoms with Crippen molar-refractivity contribution in [1.29, 1.82) is 0 Å². The number of hydrogen-bond donors (Lipinski definition) is 2. The van der Waals surface area contributed by atoms with E-state index in [0.717, 1.165) is 35.9 Å². The molecule has 2 N–H and O–H groups in total. The number of aryl methyl sites for hydroxylation is 1. The Bertz CT molecular complexity index is 481. The Morgan fingerprint density at radius 2 is 2.19 bits per heavy atom. The van der Waals surface area contributed by atoms with Gasteiger partial charge in [-0.05, 0) is 20.3 Å². The fourth-order valence-electron chi connectivity index (χ4n) is 2.63. The maximum atomic E-state index is 9.35. The molecule has 1 aromatic rings. The van der Waals surface area contributed by atoms with Gasteiger partial charge >= 0.3 is 0 Å². The van der Waals surface area contributed by atoms with E-state index in [2.05, 4.69) is 29.0 Å². The molecule has 6 heteroatoms. The van der Waals surface area contributed by atoms with Crippen LogP contribution >= 0.6 is 0 Å². The Kier molecular flexibility index (Phi) is 5.36. The number of hydrogen-bond acceptors (Lipinski definition) is 6. The predicted molar refractivity (Wildman–Crippen MR) is 83.9 cm³/mol. The van der Waals surface area contributed by atoms with Crippen molar-refractivity contribution in [3.63, 3.8) is 0 Å². The molecule has 2 atom stereocenters. The van der Waals surface area contributed by atoms with Crippen molar-refractivity contribution in [3.05, 3.63) is 11.4 Å². The van der Waals surface area contributed by atoms with Gasteiger partial charge < -0.3 is 20.1 Å². The molecule has 2 rings (SSSR count). The minimum Gasteiger partial charge on any atom is -0.394 e. The fourth-order valence-corrected chi connectivity index (χ4v) is 2.63. The maximum absolute atomic E-state index is 9.35. The second kappa shape index (κ2) is 7.04. The predicted octanol–water partition coefficient (Wildman–Crippen LogP) is 1.37. The lowest BCUT2D eigenvalue weighted by molar-refractivity contribution is -0.0106. The molecule has 6 nitrogen and oxygen atoms in total. The summed E-state index contributed by atoms with van der Waals surface area (Å²) in [6.45, 7) is 7.58. The molecule has 118 valence electrons. The first-order chi connectivity index (χ1) is 10.1. The molecule has 1 aromatic heterocycles. The van der Waals surface area contributed by atoms with Gasteiger partial charge in [-0.1, -0.05) is 6.92 Å².